The van der Waals surface area contributed by atoms with Crippen LogP contribution in [0.4, 0.5) is 10.1 Å². The van der Waals surface area contributed by atoms with Gasteiger partial charge >= 0.3 is 0 Å². The lowest BCUT2D eigenvalue weighted by Gasteiger charge is -2.54. The number of nitrogens with zero attached hydrogens (tertiary/aromatic N) is 1. The van der Waals surface area contributed by atoms with Gasteiger partial charge in [-0.1, -0.05) is 12.1 Å². The average molecular weight is 666 g/mol. The van der Waals surface area contributed by atoms with Gasteiger partial charge in [-0.25, -0.2) is 4.39 Å². The Bertz CT molecular complexity index is 1710. The molecule has 1 aromatic carbocycles. The van der Waals surface area contributed by atoms with E-state index in [4.69, 9.17) is 0 Å². The lowest BCUT2D eigenvalue weighted by atomic mass is 9.54. The first-order chi connectivity index (χ1) is 22.6. The van der Waals surface area contributed by atoms with Gasteiger partial charge in [-0.3, -0.25) is 24.0 Å². The zero-order valence-corrected chi connectivity index (χ0v) is 27.0. The van der Waals surface area contributed by atoms with Crippen molar-refractivity contribution in [1.82, 2.24) is 20.5 Å². The van der Waals surface area contributed by atoms with Gasteiger partial charge in [0.2, 0.25) is 17.7 Å². The van der Waals surface area contributed by atoms with E-state index in [1.54, 1.807) is 19.1 Å². The highest BCUT2D eigenvalue weighted by Crippen LogP contribution is 2.53. The number of thiophene rings is 1. The minimum absolute atomic E-state index is 0.0904. The van der Waals surface area contributed by atoms with Crippen molar-refractivity contribution < 1.29 is 28.7 Å². The van der Waals surface area contributed by atoms with Crippen LogP contribution in [-0.2, 0) is 20.9 Å². The van der Waals surface area contributed by atoms with Crippen LogP contribution in [-0.4, -0.2) is 58.0 Å². The van der Waals surface area contributed by atoms with Crippen molar-refractivity contribution in [1.29, 1.82) is 0 Å². The molecule has 2 atom stereocenters. The number of fused-ring (bicyclic) bond motifs is 1. The van der Waals surface area contributed by atoms with E-state index in [1.165, 1.54) is 41.5 Å². The molecular weight excluding hydrogens is 625 g/mol. The third-order valence-electron chi connectivity index (χ3n) is 9.87. The number of carbonyl (C=O) groups is 4. The molecule has 0 aliphatic heterocycles. The Morgan fingerprint density at radius 2 is 1.72 bits per heavy atom. The second-order valence-corrected chi connectivity index (χ2v) is 14.2. The molecule has 4 aliphatic rings. The van der Waals surface area contributed by atoms with Crippen LogP contribution in [0.3, 0.4) is 0 Å². The molecular formula is C34H40FN5O6S. The molecule has 4 amide bonds. The summed E-state index contributed by atoms with van der Waals surface area (Å²) in [6.45, 7) is 1.81. The van der Waals surface area contributed by atoms with E-state index in [-0.39, 0.29) is 41.9 Å². The molecule has 2 heterocycles. The Labute approximate surface area is 275 Å². The number of carbonyl (C=O) groups excluding carboxylic acids is 4. The number of halogens is 1. The van der Waals surface area contributed by atoms with Crippen molar-refractivity contribution in [3.63, 3.8) is 0 Å². The molecule has 3 aromatic rings. The number of nitrogens with one attached hydrogen (secondary N) is 4. The van der Waals surface area contributed by atoms with E-state index in [1.807, 2.05) is 0 Å². The Kier molecular flexibility index (Phi) is 9.74. The summed E-state index contributed by atoms with van der Waals surface area (Å²) in [5.74, 6) is -0.220. The standard InChI is InChI=1S/C34H40FN5O6S/c1-2-36-32(44)26(41)9-8-24(37-33(45)27-16-20-5-3-6-23(35)30(20)47-27)31(43)38-25-7-4-10-40(34(25)46)17-28(42)39-29-21-12-18-11-19(14-21)15-22(29)13-18/h3-7,10,16,18-19,21-22,24,26,29,41H,2,8-9,11-15,17H2,1H3,(H,36,44)(H,37,45)(H,38,43)(H,39,42)/t18?,19?,21?,22?,24-,26?,29?/m0/s1. The molecule has 0 saturated heterocycles. The number of aliphatic hydroxyl groups is 1. The lowest BCUT2D eigenvalue weighted by molar-refractivity contribution is -0.130. The van der Waals surface area contributed by atoms with Crippen LogP contribution in [0, 0.1) is 29.5 Å². The topological polar surface area (TPSA) is 159 Å². The first-order valence-corrected chi connectivity index (χ1v) is 17.2. The van der Waals surface area contributed by atoms with Gasteiger partial charge in [0, 0.05) is 18.8 Å². The highest BCUT2D eigenvalue weighted by atomic mass is 32.1. The van der Waals surface area contributed by atoms with Crippen molar-refractivity contribution in [3.8, 4) is 0 Å². The van der Waals surface area contributed by atoms with Crippen LogP contribution >= 0.6 is 11.3 Å². The maximum Gasteiger partial charge on any atom is 0.274 e. The Morgan fingerprint density at radius 1 is 1.00 bits per heavy atom. The predicted octanol–water partition coefficient (Wildman–Crippen LogP) is 3.16. The van der Waals surface area contributed by atoms with E-state index in [0.29, 0.717) is 28.5 Å². The van der Waals surface area contributed by atoms with Crippen LogP contribution in [0.1, 0.15) is 61.5 Å². The second kappa shape index (κ2) is 13.9. The minimum Gasteiger partial charge on any atom is -0.383 e. The van der Waals surface area contributed by atoms with Crippen LogP contribution in [0.2, 0.25) is 0 Å². The van der Waals surface area contributed by atoms with Crippen LogP contribution in [0.5, 0.6) is 0 Å². The van der Waals surface area contributed by atoms with Crippen molar-refractivity contribution >= 4 is 50.7 Å². The van der Waals surface area contributed by atoms with Gasteiger partial charge in [-0.2, -0.15) is 0 Å². The third-order valence-corrected chi connectivity index (χ3v) is 11.0. The largest absolute Gasteiger partial charge is 0.383 e. The molecule has 0 radical (unpaired) electrons. The molecule has 4 aliphatic carbocycles. The molecule has 250 valence electrons. The molecule has 0 spiro atoms. The number of aromatic nitrogens is 1. The SMILES string of the molecule is CCNC(=O)C(O)CC[C@H](NC(=O)c1cc2cccc(F)c2s1)C(=O)Nc1cccn(CC(=O)NC2C3CC4CC(C3)CC2C4)c1=O. The normalized spacial score (nSPS) is 24.0. The predicted molar refractivity (Wildman–Crippen MR) is 175 cm³/mol. The Balaban J connectivity index is 1.14. The molecule has 1 unspecified atom stereocenters. The number of anilines is 1. The summed E-state index contributed by atoms with van der Waals surface area (Å²) in [4.78, 5) is 65.5. The van der Waals surface area contributed by atoms with Crippen molar-refractivity contribution in [2.75, 3.05) is 11.9 Å². The maximum atomic E-state index is 14.3. The first-order valence-electron chi connectivity index (χ1n) is 16.3. The summed E-state index contributed by atoms with van der Waals surface area (Å²) >= 11 is 0.932. The lowest BCUT2D eigenvalue weighted by Crippen LogP contribution is -2.56. The molecule has 4 saturated carbocycles. The fourth-order valence-corrected chi connectivity index (χ4v) is 8.88. The molecule has 7 rings (SSSR count). The van der Waals surface area contributed by atoms with Crippen molar-refractivity contribution in [2.45, 2.75) is 76.6 Å². The van der Waals surface area contributed by atoms with Crippen LogP contribution < -0.4 is 26.8 Å². The van der Waals surface area contributed by atoms with E-state index in [2.05, 4.69) is 21.3 Å². The number of aliphatic hydroxyl groups excluding tert-OH is 1. The highest BCUT2D eigenvalue weighted by molar-refractivity contribution is 7.20. The second-order valence-electron chi connectivity index (χ2n) is 13.2. The van der Waals surface area contributed by atoms with Gasteiger partial charge in [-0.15, -0.1) is 11.3 Å². The van der Waals surface area contributed by atoms with E-state index in [0.717, 1.165) is 48.9 Å². The quantitative estimate of drug-likeness (QED) is 0.200. The number of likely N-dealkylation sites (N-methyl/N-ethyl adjacent to an activating group) is 1. The van der Waals surface area contributed by atoms with Gasteiger partial charge in [-0.05, 0) is 105 Å². The molecule has 47 heavy (non-hydrogen) atoms. The molecule has 5 N–H and O–H groups in total. The summed E-state index contributed by atoms with van der Waals surface area (Å²) in [6, 6.07) is 7.84. The number of hydrogen-bond donors (Lipinski definition) is 5. The van der Waals surface area contributed by atoms with Gasteiger partial charge in [0.25, 0.3) is 11.5 Å². The molecule has 13 heteroatoms. The van der Waals surface area contributed by atoms with Gasteiger partial charge < -0.3 is 30.9 Å². The Hall–Kier alpha value is -4.10. The summed E-state index contributed by atoms with van der Waals surface area (Å²) < 4.78 is 15.8. The Morgan fingerprint density at radius 3 is 2.40 bits per heavy atom. The number of benzene rings is 1. The summed E-state index contributed by atoms with van der Waals surface area (Å²) in [5, 5.41) is 21.7. The number of pyridine rings is 1. The number of rotatable bonds is 12. The minimum atomic E-state index is -1.43. The zero-order chi connectivity index (χ0) is 33.2. The first kappa shape index (κ1) is 32.8. The monoisotopic (exact) mass is 665 g/mol. The fraction of sp³-hybridized carbons (Fsp3) is 0.500. The van der Waals surface area contributed by atoms with Crippen LogP contribution in [0.25, 0.3) is 10.1 Å². The van der Waals surface area contributed by atoms with Gasteiger partial charge in [0.15, 0.2) is 0 Å². The zero-order valence-electron chi connectivity index (χ0n) is 26.2. The van der Waals surface area contributed by atoms with Crippen molar-refractivity contribution in [3.05, 3.63) is 63.6 Å². The fourth-order valence-electron chi connectivity index (χ4n) is 7.91. The smallest absolute Gasteiger partial charge is 0.274 e. The van der Waals surface area contributed by atoms with Gasteiger partial charge in [0.05, 0.1) is 9.58 Å². The van der Waals surface area contributed by atoms with Crippen LogP contribution in [0.15, 0.2) is 47.4 Å². The average Bonchev–Trinajstić information content (AvgIpc) is 3.48. The highest BCUT2D eigenvalue weighted by Gasteiger charge is 2.48. The number of hydrogen-bond acceptors (Lipinski definition) is 7. The van der Waals surface area contributed by atoms with E-state index in [9.17, 15) is 33.5 Å². The summed E-state index contributed by atoms with van der Waals surface area (Å²) in [5.41, 5.74) is -0.680. The molecule has 11 nitrogen and oxygen atoms in total. The summed E-state index contributed by atoms with van der Waals surface area (Å²) in [7, 11) is 0. The van der Waals surface area contributed by atoms with Gasteiger partial charge in [0.1, 0.15) is 30.2 Å². The molecule has 2 aromatic heterocycles. The number of amides is 4. The van der Waals surface area contributed by atoms with E-state index >= 15 is 0 Å². The van der Waals surface area contributed by atoms with Crippen molar-refractivity contribution in [2.24, 2.45) is 23.7 Å². The molecule has 4 fully saturated rings. The molecule has 4 bridgehead atoms. The van der Waals surface area contributed by atoms with E-state index < -0.39 is 41.2 Å². The third kappa shape index (κ3) is 7.25. The summed E-state index contributed by atoms with van der Waals surface area (Å²) in [6.07, 6.45) is 5.67. The maximum absolute atomic E-state index is 14.3.